The molecule has 1 saturated heterocycles. The van der Waals surface area contributed by atoms with Crippen LogP contribution in [0.2, 0.25) is 0 Å². The number of hydrogen-bond donors (Lipinski definition) is 1. The summed E-state index contributed by atoms with van der Waals surface area (Å²) in [6.45, 7) is 8.92. The molecule has 2 amide bonds. The van der Waals surface area contributed by atoms with Crippen LogP contribution in [-0.4, -0.2) is 56.1 Å². The molecule has 1 N–H and O–H groups in total. The van der Waals surface area contributed by atoms with Crippen LogP contribution in [0.3, 0.4) is 0 Å². The highest BCUT2D eigenvalue weighted by Crippen LogP contribution is 2.24. The smallest absolute Gasteiger partial charge is 0.254 e. The average molecular weight is 472 g/mol. The van der Waals surface area contributed by atoms with E-state index < -0.39 is 10.0 Å². The van der Waals surface area contributed by atoms with Crippen molar-refractivity contribution >= 4 is 27.5 Å². The summed E-state index contributed by atoms with van der Waals surface area (Å²) < 4.78 is 27.3. The number of nitrogens with zero attached hydrogens (tertiary/aromatic N) is 2. The van der Waals surface area contributed by atoms with E-state index in [0.29, 0.717) is 24.6 Å². The molecule has 1 aliphatic rings. The van der Waals surface area contributed by atoms with Gasteiger partial charge in [0.1, 0.15) is 0 Å². The fourth-order valence-electron chi connectivity index (χ4n) is 4.21. The molecule has 0 aromatic heterocycles. The van der Waals surface area contributed by atoms with Crippen LogP contribution in [0.15, 0.2) is 41.3 Å². The number of anilines is 1. The van der Waals surface area contributed by atoms with Crippen LogP contribution in [0.4, 0.5) is 5.69 Å². The highest BCUT2D eigenvalue weighted by Gasteiger charge is 2.28. The van der Waals surface area contributed by atoms with Crippen LogP contribution in [-0.2, 0) is 14.8 Å². The highest BCUT2D eigenvalue weighted by molar-refractivity contribution is 7.89. The standard InChI is InChI=1S/C25H33N3O4S/c1-17-10-12-28(13-11-17)33(31,32)22-8-6-21(7-9-22)25(30)27(5)16-23(29)26-24-19(3)14-18(2)15-20(24)4/h6-9,14-15,17H,10-13,16H2,1-5H3,(H,26,29). The minimum absolute atomic E-state index is 0.113. The van der Waals surface area contributed by atoms with Crippen molar-refractivity contribution in [2.24, 2.45) is 5.92 Å². The molecule has 0 saturated carbocycles. The summed E-state index contributed by atoms with van der Waals surface area (Å²) in [5, 5.41) is 2.89. The van der Waals surface area contributed by atoms with Crippen molar-refractivity contribution in [3.63, 3.8) is 0 Å². The molecular weight excluding hydrogens is 438 g/mol. The van der Waals surface area contributed by atoms with Gasteiger partial charge in [-0.3, -0.25) is 9.59 Å². The number of carbonyl (C=O) groups is 2. The van der Waals surface area contributed by atoms with Crippen LogP contribution in [0.5, 0.6) is 0 Å². The molecule has 0 aliphatic carbocycles. The molecule has 8 heteroatoms. The summed E-state index contributed by atoms with van der Waals surface area (Å²) in [5.74, 6) is -0.110. The van der Waals surface area contributed by atoms with Gasteiger partial charge in [0.25, 0.3) is 5.91 Å². The Morgan fingerprint density at radius 2 is 1.58 bits per heavy atom. The number of amides is 2. The van der Waals surface area contributed by atoms with E-state index in [0.717, 1.165) is 35.2 Å². The minimum Gasteiger partial charge on any atom is -0.332 e. The zero-order chi connectivity index (χ0) is 24.3. The lowest BCUT2D eigenvalue weighted by atomic mass is 10.0. The number of nitrogens with one attached hydrogen (secondary N) is 1. The molecule has 1 heterocycles. The number of hydrogen-bond acceptors (Lipinski definition) is 4. The van der Waals surface area contributed by atoms with Crippen molar-refractivity contribution < 1.29 is 18.0 Å². The van der Waals surface area contributed by atoms with Crippen molar-refractivity contribution in [3.8, 4) is 0 Å². The van der Waals surface area contributed by atoms with E-state index in [1.54, 1.807) is 7.05 Å². The van der Waals surface area contributed by atoms with E-state index in [2.05, 4.69) is 12.2 Å². The maximum atomic E-state index is 12.9. The van der Waals surface area contributed by atoms with Crippen molar-refractivity contribution in [2.45, 2.75) is 45.4 Å². The van der Waals surface area contributed by atoms with Crippen molar-refractivity contribution in [2.75, 3.05) is 32.0 Å². The molecule has 7 nitrogen and oxygen atoms in total. The van der Waals surface area contributed by atoms with Crippen LogP contribution >= 0.6 is 0 Å². The van der Waals surface area contributed by atoms with Gasteiger partial charge in [-0.25, -0.2) is 8.42 Å². The van der Waals surface area contributed by atoms with E-state index in [4.69, 9.17) is 0 Å². The Morgan fingerprint density at radius 3 is 2.12 bits per heavy atom. The number of benzene rings is 2. The molecule has 0 unspecified atom stereocenters. The van der Waals surface area contributed by atoms with Gasteiger partial charge in [0.15, 0.2) is 0 Å². The molecule has 2 aromatic rings. The molecule has 0 radical (unpaired) electrons. The van der Waals surface area contributed by atoms with Crippen molar-refractivity contribution in [1.29, 1.82) is 0 Å². The lowest BCUT2D eigenvalue weighted by molar-refractivity contribution is -0.116. The number of carbonyl (C=O) groups excluding carboxylic acids is 2. The third-order valence-corrected chi connectivity index (χ3v) is 8.06. The first-order valence-electron chi connectivity index (χ1n) is 11.2. The summed E-state index contributed by atoms with van der Waals surface area (Å²) in [7, 11) is -2.02. The number of aryl methyl sites for hydroxylation is 3. The van der Waals surface area contributed by atoms with Gasteiger partial charge in [-0.2, -0.15) is 4.31 Å². The van der Waals surface area contributed by atoms with Gasteiger partial charge >= 0.3 is 0 Å². The third kappa shape index (κ3) is 5.81. The van der Waals surface area contributed by atoms with Gasteiger partial charge in [-0.1, -0.05) is 24.6 Å². The molecular formula is C25H33N3O4S. The van der Waals surface area contributed by atoms with Crippen LogP contribution in [0.25, 0.3) is 0 Å². The first-order chi connectivity index (χ1) is 15.5. The predicted octanol–water partition coefficient (Wildman–Crippen LogP) is 3.74. The van der Waals surface area contributed by atoms with Crippen LogP contribution in [0.1, 0.15) is 46.8 Å². The van der Waals surface area contributed by atoms with Crippen molar-refractivity contribution in [3.05, 3.63) is 58.7 Å². The Kier molecular flexibility index (Phi) is 7.59. The molecule has 33 heavy (non-hydrogen) atoms. The number of piperidine rings is 1. The highest BCUT2D eigenvalue weighted by atomic mass is 32.2. The monoisotopic (exact) mass is 471 g/mol. The Bertz CT molecular complexity index is 1110. The van der Waals surface area contributed by atoms with E-state index >= 15 is 0 Å². The summed E-state index contributed by atoms with van der Waals surface area (Å²) in [5.41, 5.74) is 4.15. The van der Waals surface area contributed by atoms with Gasteiger partial charge in [0.05, 0.1) is 11.4 Å². The molecule has 1 aliphatic heterocycles. The summed E-state index contributed by atoms with van der Waals surface area (Å²) in [6.07, 6.45) is 1.70. The van der Waals surface area contributed by atoms with Gasteiger partial charge in [0.2, 0.25) is 15.9 Å². The second-order valence-electron chi connectivity index (χ2n) is 9.09. The van der Waals surface area contributed by atoms with E-state index in [-0.39, 0.29) is 23.3 Å². The SMILES string of the molecule is Cc1cc(C)c(NC(=O)CN(C)C(=O)c2ccc(S(=O)(=O)N3CCC(C)CC3)cc2)c(C)c1. The summed E-state index contributed by atoms with van der Waals surface area (Å²) in [4.78, 5) is 26.8. The predicted molar refractivity (Wildman–Crippen MR) is 130 cm³/mol. The van der Waals surface area contributed by atoms with E-state index in [1.807, 2.05) is 32.9 Å². The van der Waals surface area contributed by atoms with E-state index in [1.165, 1.54) is 33.5 Å². The number of rotatable bonds is 6. The zero-order valence-electron chi connectivity index (χ0n) is 20.0. The molecule has 2 aromatic carbocycles. The number of sulfonamides is 1. The topological polar surface area (TPSA) is 86.8 Å². The second-order valence-corrected chi connectivity index (χ2v) is 11.0. The maximum absolute atomic E-state index is 12.9. The second kappa shape index (κ2) is 10.1. The zero-order valence-corrected chi connectivity index (χ0v) is 20.8. The average Bonchev–Trinajstić information content (AvgIpc) is 2.76. The molecule has 0 spiro atoms. The summed E-state index contributed by atoms with van der Waals surface area (Å²) in [6, 6.07) is 9.94. The third-order valence-electron chi connectivity index (χ3n) is 6.15. The van der Waals surface area contributed by atoms with Crippen molar-refractivity contribution in [1.82, 2.24) is 9.21 Å². The Hall–Kier alpha value is -2.71. The summed E-state index contributed by atoms with van der Waals surface area (Å²) >= 11 is 0. The Labute approximate surface area is 196 Å². The molecule has 1 fully saturated rings. The normalized spacial score (nSPS) is 15.3. The lowest BCUT2D eigenvalue weighted by Crippen LogP contribution is -2.38. The van der Waals surface area contributed by atoms with Gasteiger partial charge in [-0.05, 0) is 74.9 Å². The largest absolute Gasteiger partial charge is 0.332 e. The first-order valence-corrected chi connectivity index (χ1v) is 12.7. The Morgan fingerprint density at radius 1 is 1.03 bits per heavy atom. The van der Waals surface area contributed by atoms with Gasteiger partial charge in [-0.15, -0.1) is 0 Å². The molecule has 3 rings (SSSR count). The fourth-order valence-corrected chi connectivity index (χ4v) is 5.68. The first kappa shape index (κ1) is 24.9. The molecule has 0 bridgehead atoms. The van der Waals surface area contributed by atoms with Gasteiger partial charge in [0, 0.05) is 31.4 Å². The number of likely N-dealkylation sites (N-methyl/N-ethyl adjacent to an activating group) is 1. The van der Waals surface area contributed by atoms with E-state index in [9.17, 15) is 18.0 Å². The van der Waals surface area contributed by atoms with Gasteiger partial charge < -0.3 is 10.2 Å². The molecule has 178 valence electrons. The maximum Gasteiger partial charge on any atom is 0.254 e. The molecule has 0 atom stereocenters. The minimum atomic E-state index is -3.57. The van der Waals surface area contributed by atoms with Crippen LogP contribution < -0.4 is 5.32 Å². The Balaban J connectivity index is 1.64. The quantitative estimate of drug-likeness (QED) is 0.695. The van der Waals surface area contributed by atoms with Crippen LogP contribution in [0, 0.1) is 26.7 Å². The lowest BCUT2D eigenvalue weighted by Gasteiger charge is -2.29. The fraction of sp³-hybridized carbons (Fsp3) is 0.440.